The van der Waals surface area contributed by atoms with Crippen LogP contribution in [-0.2, 0) is 0 Å². The van der Waals surface area contributed by atoms with E-state index in [1.165, 1.54) is 0 Å². The molecule has 3 N–H and O–H groups in total. The summed E-state index contributed by atoms with van der Waals surface area (Å²) in [6.45, 7) is 4.56. The number of unbranched alkanes of at least 4 members (excludes halogenated alkanes) is 1. The van der Waals surface area contributed by atoms with Crippen molar-refractivity contribution in [1.29, 1.82) is 10.5 Å². The standard InChI is InChI=1S/C18H18N4O2/c1-3-4-7-24-15-8-12(6-5-11(15)2)16-13(9-19)17(21)22-18(23)14(16)10-20/h5-6,8H,3-4,7H2,1-2H3,(H3,21,22,23). The van der Waals surface area contributed by atoms with Gasteiger partial charge in [-0.25, -0.2) is 0 Å². The van der Waals surface area contributed by atoms with Gasteiger partial charge in [0, 0.05) is 5.56 Å². The van der Waals surface area contributed by atoms with E-state index in [2.05, 4.69) is 11.9 Å². The molecule has 0 saturated carbocycles. The molecule has 6 heteroatoms. The summed E-state index contributed by atoms with van der Waals surface area (Å²) in [5, 5.41) is 18.7. The molecule has 0 fully saturated rings. The molecular weight excluding hydrogens is 304 g/mol. The van der Waals surface area contributed by atoms with Gasteiger partial charge >= 0.3 is 0 Å². The van der Waals surface area contributed by atoms with Crippen LogP contribution >= 0.6 is 0 Å². The number of aromatic amines is 1. The number of nitrogens with one attached hydrogen (secondary N) is 1. The number of H-pyrrole nitrogens is 1. The number of nitrogen functional groups attached to an aromatic ring is 1. The summed E-state index contributed by atoms with van der Waals surface area (Å²) in [5.41, 5.74) is 6.80. The van der Waals surface area contributed by atoms with Crippen LogP contribution in [0.25, 0.3) is 11.1 Å². The van der Waals surface area contributed by atoms with Crippen LogP contribution in [0.15, 0.2) is 23.0 Å². The van der Waals surface area contributed by atoms with Crippen LogP contribution in [-0.4, -0.2) is 11.6 Å². The molecule has 2 rings (SSSR count). The lowest BCUT2D eigenvalue weighted by Gasteiger charge is -2.13. The lowest BCUT2D eigenvalue weighted by molar-refractivity contribution is 0.307. The highest BCUT2D eigenvalue weighted by molar-refractivity contribution is 5.80. The normalized spacial score (nSPS) is 10.0. The molecule has 0 spiro atoms. The zero-order valence-corrected chi connectivity index (χ0v) is 13.6. The molecular formula is C18H18N4O2. The van der Waals surface area contributed by atoms with E-state index in [-0.39, 0.29) is 22.5 Å². The highest BCUT2D eigenvalue weighted by Gasteiger charge is 2.18. The Balaban J connectivity index is 2.65. The third kappa shape index (κ3) is 3.23. The maximum atomic E-state index is 12.0. The Morgan fingerprint density at radius 1 is 1.25 bits per heavy atom. The number of aromatic nitrogens is 1. The largest absolute Gasteiger partial charge is 0.493 e. The molecule has 1 heterocycles. The fourth-order valence-electron chi connectivity index (χ4n) is 2.37. The molecule has 2 aromatic rings. The number of nitrogens with two attached hydrogens (primary N) is 1. The summed E-state index contributed by atoms with van der Waals surface area (Å²) in [5.74, 6) is 0.609. The van der Waals surface area contributed by atoms with Crippen LogP contribution < -0.4 is 16.0 Å². The Morgan fingerprint density at radius 3 is 2.58 bits per heavy atom. The molecule has 0 saturated heterocycles. The molecule has 1 aromatic carbocycles. The van der Waals surface area contributed by atoms with Crippen molar-refractivity contribution in [3.8, 4) is 29.0 Å². The fourth-order valence-corrected chi connectivity index (χ4v) is 2.37. The van der Waals surface area contributed by atoms with E-state index in [1.54, 1.807) is 12.1 Å². The van der Waals surface area contributed by atoms with Crippen molar-refractivity contribution in [2.75, 3.05) is 12.3 Å². The lowest BCUT2D eigenvalue weighted by Crippen LogP contribution is -2.16. The second-order valence-corrected chi connectivity index (χ2v) is 5.40. The molecule has 24 heavy (non-hydrogen) atoms. The van der Waals surface area contributed by atoms with Gasteiger partial charge in [0.25, 0.3) is 5.56 Å². The Bertz CT molecular complexity index is 901. The molecule has 6 nitrogen and oxygen atoms in total. The number of nitrogens with zero attached hydrogens (tertiary/aromatic N) is 2. The second kappa shape index (κ2) is 7.34. The van der Waals surface area contributed by atoms with Gasteiger partial charge in [0.1, 0.15) is 34.8 Å². The zero-order chi connectivity index (χ0) is 17.7. The van der Waals surface area contributed by atoms with E-state index in [1.807, 2.05) is 25.1 Å². The van der Waals surface area contributed by atoms with Crippen LogP contribution in [0.2, 0.25) is 0 Å². The van der Waals surface area contributed by atoms with E-state index in [0.717, 1.165) is 18.4 Å². The minimum atomic E-state index is -0.613. The number of pyridine rings is 1. The average molecular weight is 322 g/mol. The maximum absolute atomic E-state index is 12.0. The summed E-state index contributed by atoms with van der Waals surface area (Å²) in [6, 6.07) is 9.14. The second-order valence-electron chi connectivity index (χ2n) is 5.40. The number of hydrogen-bond acceptors (Lipinski definition) is 5. The van der Waals surface area contributed by atoms with Gasteiger partial charge < -0.3 is 15.5 Å². The smallest absolute Gasteiger partial charge is 0.268 e. The third-order valence-electron chi connectivity index (χ3n) is 3.70. The molecule has 1 aromatic heterocycles. The van der Waals surface area contributed by atoms with E-state index in [9.17, 15) is 15.3 Å². The molecule has 0 amide bonds. The van der Waals surface area contributed by atoms with E-state index < -0.39 is 5.56 Å². The Kier molecular flexibility index (Phi) is 5.23. The van der Waals surface area contributed by atoms with E-state index >= 15 is 0 Å². The minimum absolute atomic E-state index is 0.0504. The molecule has 0 unspecified atom stereocenters. The number of aryl methyl sites for hydroxylation is 1. The summed E-state index contributed by atoms with van der Waals surface area (Å²) in [4.78, 5) is 14.3. The highest BCUT2D eigenvalue weighted by Crippen LogP contribution is 2.32. The summed E-state index contributed by atoms with van der Waals surface area (Å²) >= 11 is 0. The van der Waals surface area contributed by atoms with E-state index in [4.69, 9.17) is 10.5 Å². The van der Waals surface area contributed by atoms with Crippen LogP contribution in [0.5, 0.6) is 5.75 Å². The molecule has 0 aliphatic rings. The molecule has 0 atom stereocenters. The molecule has 0 bridgehead atoms. The predicted molar refractivity (Wildman–Crippen MR) is 91.5 cm³/mol. The Hall–Kier alpha value is -3.25. The molecule has 0 aliphatic carbocycles. The molecule has 122 valence electrons. The monoisotopic (exact) mass is 322 g/mol. The topological polar surface area (TPSA) is 116 Å². The quantitative estimate of drug-likeness (QED) is 0.821. The van der Waals surface area contributed by atoms with Gasteiger partial charge in [-0.3, -0.25) is 4.79 Å². The number of hydrogen-bond donors (Lipinski definition) is 2. The number of nitriles is 2. The Labute approximate surface area is 140 Å². The van der Waals surface area contributed by atoms with Crippen LogP contribution in [0.4, 0.5) is 5.82 Å². The van der Waals surface area contributed by atoms with Crippen molar-refractivity contribution in [3.63, 3.8) is 0 Å². The maximum Gasteiger partial charge on any atom is 0.268 e. The first-order chi connectivity index (χ1) is 11.5. The first-order valence-electron chi connectivity index (χ1n) is 7.63. The summed E-state index contributed by atoms with van der Waals surface area (Å²) in [6.07, 6.45) is 1.94. The van der Waals surface area contributed by atoms with E-state index in [0.29, 0.717) is 17.9 Å². The third-order valence-corrected chi connectivity index (χ3v) is 3.70. The van der Waals surface area contributed by atoms with Gasteiger partial charge in [-0.2, -0.15) is 10.5 Å². The SMILES string of the molecule is CCCCOc1cc(-c2c(C#N)c(N)[nH]c(=O)c2C#N)ccc1C. The average Bonchev–Trinajstić information content (AvgIpc) is 2.56. The van der Waals surface area contributed by atoms with Crippen LogP contribution in [0, 0.1) is 29.6 Å². The lowest BCUT2D eigenvalue weighted by atomic mass is 9.95. The van der Waals surface area contributed by atoms with Crippen LogP contribution in [0.3, 0.4) is 0 Å². The van der Waals surface area contributed by atoms with Crippen molar-refractivity contribution in [2.45, 2.75) is 26.7 Å². The first kappa shape index (κ1) is 17.1. The Morgan fingerprint density at radius 2 is 1.96 bits per heavy atom. The number of rotatable bonds is 5. The number of ether oxygens (including phenoxy) is 1. The molecule has 0 aliphatic heterocycles. The number of benzene rings is 1. The van der Waals surface area contributed by atoms with Gasteiger partial charge in [-0.1, -0.05) is 25.5 Å². The highest BCUT2D eigenvalue weighted by atomic mass is 16.5. The van der Waals surface area contributed by atoms with Gasteiger partial charge in [-0.15, -0.1) is 0 Å². The first-order valence-corrected chi connectivity index (χ1v) is 7.63. The van der Waals surface area contributed by atoms with Crippen molar-refractivity contribution >= 4 is 5.82 Å². The fraction of sp³-hybridized carbons (Fsp3) is 0.278. The van der Waals surface area contributed by atoms with Crippen molar-refractivity contribution < 1.29 is 4.74 Å². The van der Waals surface area contributed by atoms with Gasteiger partial charge in [-0.05, 0) is 30.5 Å². The molecule has 0 radical (unpaired) electrons. The van der Waals surface area contributed by atoms with Crippen molar-refractivity contribution in [1.82, 2.24) is 4.98 Å². The summed E-state index contributed by atoms with van der Waals surface area (Å²) < 4.78 is 5.76. The van der Waals surface area contributed by atoms with Gasteiger partial charge in [0.05, 0.1) is 6.61 Å². The van der Waals surface area contributed by atoms with Gasteiger partial charge in [0.2, 0.25) is 0 Å². The zero-order valence-electron chi connectivity index (χ0n) is 13.6. The van der Waals surface area contributed by atoms with Crippen molar-refractivity contribution in [3.05, 3.63) is 45.2 Å². The van der Waals surface area contributed by atoms with Gasteiger partial charge in [0.15, 0.2) is 0 Å². The summed E-state index contributed by atoms with van der Waals surface area (Å²) in [7, 11) is 0. The van der Waals surface area contributed by atoms with Crippen LogP contribution in [0.1, 0.15) is 36.5 Å². The number of anilines is 1. The minimum Gasteiger partial charge on any atom is -0.493 e. The van der Waals surface area contributed by atoms with Crippen molar-refractivity contribution in [2.24, 2.45) is 0 Å². The predicted octanol–water partition coefficient (Wildman–Crippen LogP) is 2.85.